The molecule has 0 fully saturated rings. The highest BCUT2D eigenvalue weighted by atomic mass is 16.4. The van der Waals surface area contributed by atoms with Gasteiger partial charge in [-0.2, -0.15) is 0 Å². The minimum absolute atomic E-state index is 0.326. The number of unbranched alkanes of at least 4 members (excludes halogenated alkanes) is 6. The molecule has 0 atom stereocenters. The summed E-state index contributed by atoms with van der Waals surface area (Å²) in [6.07, 6.45) is 18.0. The Morgan fingerprint density at radius 3 is 2.18 bits per heavy atom. The number of carboxylic acid groups (broad SMARTS) is 1. The van der Waals surface area contributed by atoms with E-state index in [1.165, 1.54) is 25.7 Å². The summed E-state index contributed by atoms with van der Waals surface area (Å²) in [6, 6.07) is 0. The van der Waals surface area contributed by atoms with Crippen LogP contribution in [0.4, 0.5) is 0 Å². The van der Waals surface area contributed by atoms with E-state index in [1.54, 1.807) is 0 Å². The van der Waals surface area contributed by atoms with Crippen LogP contribution in [0.3, 0.4) is 0 Å². The highest BCUT2D eigenvalue weighted by Crippen LogP contribution is 2.08. The van der Waals surface area contributed by atoms with Crippen molar-refractivity contribution in [2.24, 2.45) is 0 Å². The van der Waals surface area contributed by atoms with Crippen molar-refractivity contribution in [3.63, 3.8) is 0 Å². The molecule has 2 heteroatoms. The van der Waals surface area contributed by atoms with Gasteiger partial charge in [0.05, 0.1) is 0 Å². The summed E-state index contributed by atoms with van der Waals surface area (Å²) in [5.41, 5.74) is 0. The quantitative estimate of drug-likeness (QED) is 0.418. The molecule has 0 heterocycles. The van der Waals surface area contributed by atoms with E-state index in [1.807, 2.05) is 0 Å². The molecule has 0 saturated carbocycles. The fraction of sp³-hybridized carbons (Fsp3) is 0.667. The largest absolute Gasteiger partial charge is 0.481 e. The van der Waals surface area contributed by atoms with Gasteiger partial charge in [-0.15, -0.1) is 0 Å². The van der Waals surface area contributed by atoms with Gasteiger partial charge in [0, 0.05) is 6.42 Å². The van der Waals surface area contributed by atoms with Crippen molar-refractivity contribution in [1.82, 2.24) is 0 Å². The number of hydrogen-bond donors (Lipinski definition) is 1. The number of hydrogen-bond acceptors (Lipinski definition) is 1. The lowest BCUT2D eigenvalue weighted by Crippen LogP contribution is -1.93. The van der Waals surface area contributed by atoms with Crippen LogP contribution in [0.1, 0.15) is 64.7 Å². The van der Waals surface area contributed by atoms with Crippen molar-refractivity contribution >= 4 is 5.97 Å². The molecule has 0 unspecified atom stereocenters. The van der Waals surface area contributed by atoms with Crippen LogP contribution in [0, 0.1) is 0 Å². The maximum Gasteiger partial charge on any atom is 0.303 e. The first kappa shape index (κ1) is 16.0. The van der Waals surface area contributed by atoms with Crippen LogP contribution in [0.25, 0.3) is 0 Å². The molecule has 98 valence electrons. The summed E-state index contributed by atoms with van der Waals surface area (Å²) in [5, 5.41) is 8.46. The van der Waals surface area contributed by atoms with Crippen LogP contribution in [-0.2, 0) is 4.79 Å². The van der Waals surface area contributed by atoms with E-state index in [9.17, 15) is 4.79 Å². The number of allylic oxidation sites excluding steroid dienone is 4. The number of rotatable bonds is 11. The summed E-state index contributed by atoms with van der Waals surface area (Å²) >= 11 is 0. The first-order valence-electron chi connectivity index (χ1n) is 6.80. The van der Waals surface area contributed by atoms with E-state index in [-0.39, 0.29) is 0 Å². The number of aliphatic carboxylic acids is 1. The Hall–Kier alpha value is -1.05. The third-order valence-electron chi connectivity index (χ3n) is 2.63. The molecule has 0 amide bonds. The zero-order chi connectivity index (χ0) is 12.8. The van der Waals surface area contributed by atoms with E-state index in [4.69, 9.17) is 5.11 Å². The van der Waals surface area contributed by atoms with Gasteiger partial charge < -0.3 is 5.11 Å². The Labute approximate surface area is 105 Å². The SMILES string of the molecule is CCC=CC=CCCCCCCCCC(=O)O. The van der Waals surface area contributed by atoms with E-state index in [0.29, 0.717) is 6.42 Å². The van der Waals surface area contributed by atoms with Crippen molar-refractivity contribution in [2.75, 3.05) is 0 Å². The molecule has 2 nitrogen and oxygen atoms in total. The smallest absolute Gasteiger partial charge is 0.303 e. The normalized spacial score (nSPS) is 11.6. The van der Waals surface area contributed by atoms with Gasteiger partial charge in [-0.1, -0.05) is 56.9 Å². The fourth-order valence-corrected chi connectivity index (χ4v) is 1.63. The summed E-state index contributed by atoms with van der Waals surface area (Å²) in [7, 11) is 0. The molecule has 0 aliphatic rings. The van der Waals surface area contributed by atoms with Gasteiger partial charge in [0.15, 0.2) is 0 Å². The van der Waals surface area contributed by atoms with Gasteiger partial charge in [0.1, 0.15) is 0 Å². The second-order valence-electron chi connectivity index (χ2n) is 4.32. The minimum Gasteiger partial charge on any atom is -0.481 e. The first-order valence-corrected chi connectivity index (χ1v) is 6.80. The fourth-order valence-electron chi connectivity index (χ4n) is 1.63. The molecule has 0 aromatic carbocycles. The maximum absolute atomic E-state index is 10.3. The average Bonchev–Trinajstić information content (AvgIpc) is 2.30. The standard InChI is InChI=1S/C15H26O2/c1-2-3-4-5-6-7-8-9-10-11-12-13-14-15(16)17/h3-6H,2,7-14H2,1H3,(H,16,17). The summed E-state index contributed by atoms with van der Waals surface area (Å²) in [4.78, 5) is 10.3. The molecule has 0 bridgehead atoms. The monoisotopic (exact) mass is 238 g/mol. The minimum atomic E-state index is -0.671. The molecular weight excluding hydrogens is 212 g/mol. The molecule has 0 radical (unpaired) electrons. The summed E-state index contributed by atoms with van der Waals surface area (Å²) < 4.78 is 0. The van der Waals surface area contributed by atoms with Gasteiger partial charge in [-0.3, -0.25) is 4.79 Å². The van der Waals surface area contributed by atoms with E-state index in [2.05, 4.69) is 31.2 Å². The van der Waals surface area contributed by atoms with Crippen LogP contribution in [0.5, 0.6) is 0 Å². The van der Waals surface area contributed by atoms with Gasteiger partial charge in [0.2, 0.25) is 0 Å². The third kappa shape index (κ3) is 14.9. The first-order chi connectivity index (χ1) is 8.27. The second-order valence-corrected chi connectivity index (χ2v) is 4.32. The number of carboxylic acids is 1. The van der Waals surface area contributed by atoms with Gasteiger partial charge >= 0.3 is 5.97 Å². The van der Waals surface area contributed by atoms with Crippen LogP contribution in [0.2, 0.25) is 0 Å². The lowest BCUT2D eigenvalue weighted by Gasteiger charge is -1.99. The molecular formula is C15H26O2. The van der Waals surface area contributed by atoms with Crippen LogP contribution < -0.4 is 0 Å². The van der Waals surface area contributed by atoms with Crippen molar-refractivity contribution in [1.29, 1.82) is 0 Å². The van der Waals surface area contributed by atoms with E-state index >= 15 is 0 Å². The van der Waals surface area contributed by atoms with Crippen LogP contribution >= 0.6 is 0 Å². The third-order valence-corrected chi connectivity index (χ3v) is 2.63. The zero-order valence-corrected chi connectivity index (χ0v) is 11.0. The molecule has 0 rings (SSSR count). The van der Waals surface area contributed by atoms with Gasteiger partial charge in [-0.25, -0.2) is 0 Å². The van der Waals surface area contributed by atoms with E-state index in [0.717, 1.165) is 25.7 Å². The Morgan fingerprint density at radius 1 is 0.941 bits per heavy atom. The molecule has 0 aromatic heterocycles. The Kier molecular flexibility index (Phi) is 12.2. The predicted molar refractivity (Wildman–Crippen MR) is 73.1 cm³/mol. The molecule has 0 aliphatic heterocycles. The average molecular weight is 238 g/mol. The molecule has 17 heavy (non-hydrogen) atoms. The Morgan fingerprint density at radius 2 is 1.53 bits per heavy atom. The molecule has 0 spiro atoms. The summed E-state index contributed by atoms with van der Waals surface area (Å²) in [5.74, 6) is -0.671. The molecule has 0 aromatic rings. The molecule has 0 saturated heterocycles. The topological polar surface area (TPSA) is 37.3 Å². The highest BCUT2D eigenvalue weighted by molar-refractivity contribution is 5.66. The van der Waals surface area contributed by atoms with Crippen molar-refractivity contribution in [2.45, 2.75) is 64.7 Å². The lowest BCUT2D eigenvalue weighted by molar-refractivity contribution is -0.137. The van der Waals surface area contributed by atoms with Crippen molar-refractivity contribution < 1.29 is 9.90 Å². The summed E-state index contributed by atoms with van der Waals surface area (Å²) in [6.45, 7) is 2.13. The highest BCUT2D eigenvalue weighted by Gasteiger charge is 1.95. The Balaban J connectivity index is 3.11. The van der Waals surface area contributed by atoms with E-state index < -0.39 is 5.97 Å². The second kappa shape index (κ2) is 13.0. The Bertz CT molecular complexity index is 229. The lowest BCUT2D eigenvalue weighted by atomic mass is 10.1. The van der Waals surface area contributed by atoms with Crippen LogP contribution in [-0.4, -0.2) is 11.1 Å². The molecule has 0 aliphatic carbocycles. The van der Waals surface area contributed by atoms with Crippen molar-refractivity contribution in [3.8, 4) is 0 Å². The van der Waals surface area contributed by atoms with Gasteiger partial charge in [0.25, 0.3) is 0 Å². The predicted octanol–water partition coefficient (Wildman–Crippen LogP) is 4.71. The van der Waals surface area contributed by atoms with Crippen molar-refractivity contribution in [3.05, 3.63) is 24.3 Å². The zero-order valence-electron chi connectivity index (χ0n) is 11.0. The number of carbonyl (C=O) groups is 1. The molecule has 1 N–H and O–H groups in total. The van der Waals surface area contributed by atoms with Gasteiger partial charge in [-0.05, 0) is 25.7 Å². The maximum atomic E-state index is 10.3. The van der Waals surface area contributed by atoms with Crippen LogP contribution in [0.15, 0.2) is 24.3 Å².